The highest BCUT2D eigenvalue weighted by molar-refractivity contribution is 6.08. The van der Waals surface area contributed by atoms with Gasteiger partial charge in [-0.1, -0.05) is 0 Å². The van der Waals surface area contributed by atoms with E-state index in [1.165, 1.54) is 6.92 Å². The molecular weight excluding hydrogens is 255 g/mol. The number of nitrogens with two attached hydrogens (primary N) is 1. The molecule has 1 fully saturated rings. The molecule has 1 aromatic rings. The second-order valence-corrected chi connectivity index (χ2v) is 4.11. The molecule has 1 atom stereocenters. The molecule has 3 N–H and O–H groups in total. The summed E-state index contributed by atoms with van der Waals surface area (Å²) in [5, 5.41) is 2.10. The van der Waals surface area contributed by atoms with Crippen molar-refractivity contribution in [2.24, 2.45) is 0 Å². The highest BCUT2D eigenvalue weighted by atomic mass is 19.1. The molecule has 3 amide bonds. The molecule has 1 saturated heterocycles. The summed E-state index contributed by atoms with van der Waals surface area (Å²) >= 11 is 0. The van der Waals surface area contributed by atoms with Crippen LogP contribution >= 0.6 is 0 Å². The third-order valence-electron chi connectivity index (χ3n) is 2.80. The first-order valence-corrected chi connectivity index (χ1v) is 5.46. The van der Waals surface area contributed by atoms with E-state index in [4.69, 9.17) is 5.73 Å². The van der Waals surface area contributed by atoms with Crippen molar-refractivity contribution >= 4 is 23.5 Å². The predicted octanol–water partition coefficient (Wildman–Crippen LogP) is -0.710. The Kier molecular flexibility index (Phi) is 3.16. The van der Waals surface area contributed by atoms with Crippen LogP contribution in [0.2, 0.25) is 0 Å². The molecule has 0 bridgehead atoms. The summed E-state index contributed by atoms with van der Waals surface area (Å²) in [7, 11) is 0. The van der Waals surface area contributed by atoms with Crippen molar-refractivity contribution in [3.8, 4) is 0 Å². The number of aromatic nitrogens is 1. The molecule has 2 rings (SSSR count). The summed E-state index contributed by atoms with van der Waals surface area (Å²) in [5.41, 5.74) is 5.33. The van der Waals surface area contributed by atoms with Crippen molar-refractivity contribution in [2.75, 3.05) is 12.3 Å². The van der Waals surface area contributed by atoms with Crippen LogP contribution in [-0.2, 0) is 9.59 Å². The smallest absolute Gasteiger partial charge is 0.258 e. The quantitative estimate of drug-likeness (QED) is 0.653. The van der Waals surface area contributed by atoms with Crippen molar-refractivity contribution in [3.05, 3.63) is 23.6 Å². The number of halogens is 1. The molecule has 0 radical (unpaired) electrons. The number of rotatable bonds is 1. The van der Waals surface area contributed by atoms with Crippen LogP contribution in [0.4, 0.5) is 10.2 Å². The Morgan fingerprint density at radius 2 is 2.26 bits per heavy atom. The highest BCUT2D eigenvalue weighted by Crippen LogP contribution is 2.16. The summed E-state index contributed by atoms with van der Waals surface area (Å²) in [6, 6.07) is 0.0850. The van der Waals surface area contributed by atoms with Gasteiger partial charge in [-0.15, -0.1) is 0 Å². The number of imide groups is 1. The molecule has 7 nitrogen and oxygen atoms in total. The van der Waals surface area contributed by atoms with Gasteiger partial charge in [-0.25, -0.2) is 9.37 Å². The van der Waals surface area contributed by atoms with Gasteiger partial charge < -0.3 is 10.6 Å². The third-order valence-corrected chi connectivity index (χ3v) is 2.80. The average molecular weight is 266 g/mol. The van der Waals surface area contributed by atoms with Crippen molar-refractivity contribution in [3.63, 3.8) is 0 Å². The molecule has 1 aromatic heterocycles. The molecule has 1 unspecified atom stereocenters. The molecule has 8 heteroatoms. The lowest BCUT2D eigenvalue weighted by atomic mass is 10.1. The van der Waals surface area contributed by atoms with Gasteiger partial charge in [-0.3, -0.25) is 19.7 Å². The molecule has 1 aliphatic rings. The summed E-state index contributed by atoms with van der Waals surface area (Å²) in [5.74, 6) is -2.78. The first-order chi connectivity index (χ1) is 8.90. The van der Waals surface area contributed by atoms with Gasteiger partial charge >= 0.3 is 0 Å². The minimum atomic E-state index is -0.840. The van der Waals surface area contributed by atoms with E-state index in [2.05, 4.69) is 10.3 Å². The Morgan fingerprint density at radius 3 is 2.95 bits per heavy atom. The van der Waals surface area contributed by atoms with Gasteiger partial charge in [0.15, 0.2) is 0 Å². The zero-order valence-corrected chi connectivity index (χ0v) is 10.0. The Balaban J connectivity index is 2.35. The second-order valence-electron chi connectivity index (χ2n) is 4.11. The van der Waals surface area contributed by atoms with Gasteiger partial charge in [-0.2, -0.15) is 0 Å². The Bertz CT molecular complexity index is 575. The number of nitrogen functional groups attached to an aromatic ring is 1. The van der Waals surface area contributed by atoms with E-state index in [1.807, 2.05) is 0 Å². The lowest BCUT2D eigenvalue weighted by Gasteiger charge is -2.31. The molecular formula is C11H11FN4O3. The zero-order chi connectivity index (χ0) is 14.2. The first-order valence-electron chi connectivity index (χ1n) is 5.46. The van der Waals surface area contributed by atoms with E-state index in [-0.39, 0.29) is 17.9 Å². The van der Waals surface area contributed by atoms with Crippen LogP contribution in [0.1, 0.15) is 17.3 Å². The van der Waals surface area contributed by atoms with Gasteiger partial charge in [-0.05, 0) is 13.0 Å². The Hall–Kier alpha value is -2.51. The highest BCUT2D eigenvalue weighted by Gasteiger charge is 2.34. The number of piperazine rings is 1. The molecule has 100 valence electrons. The number of nitrogens with one attached hydrogen (secondary N) is 1. The lowest BCUT2D eigenvalue weighted by Crippen LogP contribution is -2.58. The maximum absolute atomic E-state index is 13.1. The second kappa shape index (κ2) is 4.63. The molecule has 0 spiro atoms. The fourth-order valence-corrected chi connectivity index (χ4v) is 1.74. The number of carbonyl (C=O) groups excluding carboxylic acids is 3. The van der Waals surface area contributed by atoms with Gasteiger partial charge in [0, 0.05) is 0 Å². The van der Waals surface area contributed by atoms with Gasteiger partial charge in [0.25, 0.3) is 5.91 Å². The zero-order valence-electron chi connectivity index (χ0n) is 10.0. The molecule has 1 aliphatic heterocycles. The molecule has 0 saturated carbocycles. The van der Waals surface area contributed by atoms with E-state index in [1.54, 1.807) is 0 Å². The molecule has 19 heavy (non-hydrogen) atoms. The third kappa shape index (κ3) is 2.37. The number of carbonyl (C=O) groups is 3. The van der Waals surface area contributed by atoms with Gasteiger partial charge in [0.05, 0.1) is 11.8 Å². The van der Waals surface area contributed by atoms with E-state index >= 15 is 0 Å². The summed E-state index contributed by atoms with van der Waals surface area (Å²) in [6.07, 6.45) is 0.879. The van der Waals surface area contributed by atoms with Crippen molar-refractivity contribution in [1.29, 1.82) is 0 Å². The van der Waals surface area contributed by atoms with Crippen molar-refractivity contribution in [1.82, 2.24) is 15.2 Å². The normalized spacial score (nSPS) is 19.3. The number of hydrogen-bond donors (Lipinski definition) is 2. The fraction of sp³-hybridized carbons (Fsp3) is 0.273. The van der Waals surface area contributed by atoms with E-state index in [0.717, 1.165) is 17.2 Å². The summed E-state index contributed by atoms with van der Waals surface area (Å²) in [6.45, 7) is 1.17. The number of anilines is 1. The largest absolute Gasteiger partial charge is 0.383 e. The lowest BCUT2D eigenvalue weighted by molar-refractivity contribution is -0.138. The van der Waals surface area contributed by atoms with Crippen LogP contribution in [-0.4, -0.2) is 40.2 Å². The van der Waals surface area contributed by atoms with Crippen LogP contribution in [0.15, 0.2) is 12.3 Å². The van der Waals surface area contributed by atoms with E-state index in [0.29, 0.717) is 0 Å². The van der Waals surface area contributed by atoms with Gasteiger partial charge in [0.2, 0.25) is 11.8 Å². The minimum absolute atomic E-state index is 0.156. The van der Waals surface area contributed by atoms with Crippen LogP contribution in [0.25, 0.3) is 0 Å². The van der Waals surface area contributed by atoms with E-state index < -0.39 is 29.6 Å². The maximum atomic E-state index is 13.1. The van der Waals surface area contributed by atoms with Crippen LogP contribution in [0.5, 0.6) is 0 Å². The molecule has 0 aromatic carbocycles. The standard InChI is InChI=1S/C11H11FN4O3/c1-5-10(18)15-8(17)4-16(5)11(19)7-2-6(12)3-14-9(7)13/h2-3,5H,4H2,1H3,(H2,13,14)(H,15,17,18). The van der Waals surface area contributed by atoms with Crippen LogP contribution in [0.3, 0.4) is 0 Å². The number of hydrogen-bond acceptors (Lipinski definition) is 5. The first kappa shape index (κ1) is 12.9. The average Bonchev–Trinajstić information content (AvgIpc) is 2.36. The Labute approximate surface area is 107 Å². The van der Waals surface area contributed by atoms with Crippen molar-refractivity contribution in [2.45, 2.75) is 13.0 Å². The van der Waals surface area contributed by atoms with Crippen LogP contribution < -0.4 is 11.1 Å². The fourth-order valence-electron chi connectivity index (χ4n) is 1.74. The minimum Gasteiger partial charge on any atom is -0.383 e. The monoisotopic (exact) mass is 266 g/mol. The number of nitrogens with zero attached hydrogens (tertiary/aromatic N) is 2. The summed E-state index contributed by atoms with van der Waals surface area (Å²) < 4.78 is 13.1. The topological polar surface area (TPSA) is 105 Å². The maximum Gasteiger partial charge on any atom is 0.258 e. The summed E-state index contributed by atoms with van der Waals surface area (Å²) in [4.78, 5) is 39.5. The van der Waals surface area contributed by atoms with Crippen molar-refractivity contribution < 1.29 is 18.8 Å². The Morgan fingerprint density at radius 1 is 1.58 bits per heavy atom. The predicted molar refractivity (Wildman–Crippen MR) is 62.3 cm³/mol. The number of pyridine rings is 1. The molecule has 0 aliphatic carbocycles. The van der Waals surface area contributed by atoms with Crippen LogP contribution in [0, 0.1) is 5.82 Å². The van der Waals surface area contributed by atoms with Gasteiger partial charge in [0.1, 0.15) is 24.2 Å². The molecule has 2 heterocycles. The van der Waals surface area contributed by atoms with E-state index in [9.17, 15) is 18.8 Å². The SMILES string of the molecule is CC1C(=O)NC(=O)CN1C(=O)c1cc(F)cnc1N. The number of amides is 3.